The highest BCUT2D eigenvalue weighted by atomic mass is 16.5. The summed E-state index contributed by atoms with van der Waals surface area (Å²) in [6, 6.07) is 17.4. The van der Waals surface area contributed by atoms with Gasteiger partial charge in [-0.2, -0.15) is 0 Å². The van der Waals surface area contributed by atoms with Crippen molar-refractivity contribution in [1.29, 1.82) is 0 Å². The average Bonchev–Trinajstić information content (AvgIpc) is 2.66. The van der Waals surface area contributed by atoms with Crippen LogP contribution in [0.25, 0.3) is 0 Å². The van der Waals surface area contributed by atoms with E-state index in [4.69, 9.17) is 9.47 Å². The van der Waals surface area contributed by atoms with E-state index < -0.39 is 5.60 Å². The van der Waals surface area contributed by atoms with Crippen LogP contribution in [0.5, 0.6) is 5.75 Å². The molecular weight excluding hydrogens is 314 g/mol. The fraction of sp³-hybridized carbons (Fsp3) is 0.381. The quantitative estimate of drug-likeness (QED) is 0.713. The van der Waals surface area contributed by atoms with Gasteiger partial charge in [0.05, 0.1) is 0 Å². The number of anilines is 1. The van der Waals surface area contributed by atoms with Crippen molar-refractivity contribution in [3.8, 4) is 5.75 Å². The number of rotatable bonds is 9. The Bertz CT molecular complexity index is 655. The first-order valence-corrected chi connectivity index (χ1v) is 8.79. The van der Waals surface area contributed by atoms with Crippen LogP contribution < -0.4 is 10.1 Å². The number of carbonyl (C=O) groups excluding carboxylic acids is 1. The Morgan fingerprint density at radius 1 is 1.04 bits per heavy atom. The minimum absolute atomic E-state index is 0.124. The van der Waals surface area contributed by atoms with Crippen LogP contribution in [0.1, 0.15) is 39.2 Å². The van der Waals surface area contributed by atoms with Crippen molar-refractivity contribution in [1.82, 2.24) is 0 Å². The maximum atomic E-state index is 12.5. The molecule has 25 heavy (non-hydrogen) atoms. The lowest BCUT2D eigenvalue weighted by Gasteiger charge is -2.27. The van der Waals surface area contributed by atoms with Gasteiger partial charge in [-0.1, -0.05) is 44.2 Å². The zero-order valence-electron chi connectivity index (χ0n) is 15.2. The number of hydrogen-bond donors (Lipinski definition) is 1. The number of carbonyl (C=O) groups is 1. The highest BCUT2D eigenvalue weighted by molar-refractivity contribution is 5.97. The van der Waals surface area contributed by atoms with Crippen LogP contribution in [-0.4, -0.2) is 18.1 Å². The van der Waals surface area contributed by atoms with Crippen LogP contribution in [0.4, 0.5) is 5.69 Å². The van der Waals surface area contributed by atoms with Crippen molar-refractivity contribution in [2.45, 2.75) is 45.8 Å². The molecule has 0 bridgehead atoms. The standard InChI is InChI=1S/C21H27NO3/c1-4-15-25-21(3,5-2)20(23)22-18-11-13-19(14-12-18)24-16-17-9-7-6-8-10-17/h6-14H,4-5,15-16H2,1-3H3,(H,22,23)/t21-/m0/s1. The van der Waals surface area contributed by atoms with Gasteiger partial charge in [0.25, 0.3) is 5.91 Å². The molecule has 134 valence electrons. The van der Waals surface area contributed by atoms with Crippen molar-refractivity contribution in [3.05, 3.63) is 60.2 Å². The molecule has 4 nitrogen and oxygen atoms in total. The first-order chi connectivity index (χ1) is 12.1. The molecular formula is C21H27NO3. The predicted octanol–water partition coefficient (Wildman–Crippen LogP) is 4.80. The summed E-state index contributed by atoms with van der Waals surface area (Å²) in [5, 5.41) is 2.92. The molecule has 2 aromatic rings. The van der Waals surface area contributed by atoms with Gasteiger partial charge >= 0.3 is 0 Å². The monoisotopic (exact) mass is 341 g/mol. The fourth-order valence-electron chi connectivity index (χ4n) is 2.29. The first kappa shape index (κ1) is 19.0. The maximum Gasteiger partial charge on any atom is 0.256 e. The van der Waals surface area contributed by atoms with Gasteiger partial charge in [0, 0.05) is 12.3 Å². The number of nitrogens with one attached hydrogen (secondary N) is 1. The lowest BCUT2D eigenvalue weighted by molar-refractivity contribution is -0.139. The molecule has 0 saturated carbocycles. The van der Waals surface area contributed by atoms with E-state index in [9.17, 15) is 4.79 Å². The van der Waals surface area contributed by atoms with Crippen LogP contribution in [0.3, 0.4) is 0 Å². The van der Waals surface area contributed by atoms with Crippen molar-refractivity contribution >= 4 is 11.6 Å². The topological polar surface area (TPSA) is 47.6 Å². The van der Waals surface area contributed by atoms with E-state index in [-0.39, 0.29) is 5.91 Å². The third kappa shape index (κ3) is 5.61. The molecule has 0 spiro atoms. The second kappa shape index (κ2) is 9.23. The summed E-state index contributed by atoms with van der Waals surface area (Å²) in [6.07, 6.45) is 1.51. The van der Waals surface area contributed by atoms with E-state index in [1.54, 1.807) is 0 Å². The molecule has 0 unspecified atom stereocenters. The van der Waals surface area contributed by atoms with Crippen LogP contribution >= 0.6 is 0 Å². The summed E-state index contributed by atoms with van der Waals surface area (Å²) < 4.78 is 11.5. The first-order valence-electron chi connectivity index (χ1n) is 8.79. The fourth-order valence-corrected chi connectivity index (χ4v) is 2.29. The summed E-state index contributed by atoms with van der Waals surface area (Å²) in [5.41, 5.74) is 1.04. The molecule has 1 atom stereocenters. The highest BCUT2D eigenvalue weighted by Gasteiger charge is 2.32. The third-order valence-electron chi connectivity index (χ3n) is 4.14. The van der Waals surface area contributed by atoms with E-state index in [1.165, 1.54) is 0 Å². The van der Waals surface area contributed by atoms with Gasteiger partial charge < -0.3 is 14.8 Å². The Hall–Kier alpha value is -2.33. The molecule has 4 heteroatoms. The third-order valence-corrected chi connectivity index (χ3v) is 4.14. The lowest BCUT2D eigenvalue weighted by atomic mass is 10.0. The molecule has 2 rings (SSSR count). The van der Waals surface area contributed by atoms with Gasteiger partial charge in [-0.3, -0.25) is 4.79 Å². The zero-order chi connectivity index (χ0) is 18.1. The Labute approximate surface area is 150 Å². The van der Waals surface area contributed by atoms with Gasteiger partial charge in [-0.05, 0) is 49.6 Å². The minimum atomic E-state index is -0.807. The molecule has 0 aliphatic heterocycles. The van der Waals surface area contributed by atoms with E-state index in [0.29, 0.717) is 19.6 Å². The van der Waals surface area contributed by atoms with Crippen LogP contribution in [0.2, 0.25) is 0 Å². The summed E-state index contributed by atoms with van der Waals surface area (Å²) in [6.45, 7) is 6.91. The van der Waals surface area contributed by atoms with Crippen LogP contribution in [-0.2, 0) is 16.1 Å². The lowest BCUT2D eigenvalue weighted by Crippen LogP contribution is -2.42. The van der Waals surface area contributed by atoms with Gasteiger partial charge in [0.2, 0.25) is 0 Å². The largest absolute Gasteiger partial charge is 0.489 e. The van der Waals surface area contributed by atoms with Crippen LogP contribution in [0.15, 0.2) is 54.6 Å². The maximum absolute atomic E-state index is 12.5. The van der Waals surface area contributed by atoms with Crippen molar-refractivity contribution in [2.24, 2.45) is 0 Å². The smallest absolute Gasteiger partial charge is 0.256 e. The van der Waals surface area contributed by atoms with E-state index >= 15 is 0 Å². The van der Waals surface area contributed by atoms with E-state index in [1.807, 2.05) is 75.4 Å². The van der Waals surface area contributed by atoms with Gasteiger partial charge in [-0.15, -0.1) is 0 Å². The second-order valence-corrected chi connectivity index (χ2v) is 6.19. The number of hydrogen-bond acceptors (Lipinski definition) is 3. The van der Waals surface area contributed by atoms with Gasteiger partial charge in [0.1, 0.15) is 18.0 Å². The molecule has 0 aromatic heterocycles. The normalized spacial score (nSPS) is 13.1. The number of amides is 1. The van der Waals surface area contributed by atoms with Gasteiger partial charge in [0.15, 0.2) is 0 Å². The summed E-state index contributed by atoms with van der Waals surface area (Å²) in [5.74, 6) is 0.642. The summed E-state index contributed by atoms with van der Waals surface area (Å²) >= 11 is 0. The molecule has 0 radical (unpaired) electrons. The van der Waals surface area contributed by atoms with E-state index in [2.05, 4.69) is 5.32 Å². The molecule has 0 aliphatic carbocycles. The van der Waals surface area contributed by atoms with Crippen molar-refractivity contribution < 1.29 is 14.3 Å². The second-order valence-electron chi connectivity index (χ2n) is 6.19. The van der Waals surface area contributed by atoms with Gasteiger partial charge in [-0.25, -0.2) is 0 Å². The molecule has 0 saturated heterocycles. The Morgan fingerprint density at radius 2 is 1.72 bits per heavy atom. The SMILES string of the molecule is CCCO[C@@](C)(CC)C(=O)Nc1ccc(OCc2ccccc2)cc1. The minimum Gasteiger partial charge on any atom is -0.489 e. The summed E-state index contributed by atoms with van der Waals surface area (Å²) in [7, 11) is 0. The summed E-state index contributed by atoms with van der Waals surface area (Å²) in [4.78, 5) is 12.5. The van der Waals surface area contributed by atoms with E-state index in [0.717, 1.165) is 23.4 Å². The molecule has 2 aromatic carbocycles. The molecule has 0 heterocycles. The molecule has 1 amide bonds. The Balaban J connectivity index is 1.92. The van der Waals surface area contributed by atoms with Crippen molar-refractivity contribution in [3.63, 3.8) is 0 Å². The number of ether oxygens (including phenoxy) is 2. The van der Waals surface area contributed by atoms with Crippen LogP contribution in [0, 0.1) is 0 Å². The highest BCUT2D eigenvalue weighted by Crippen LogP contribution is 2.21. The average molecular weight is 341 g/mol. The molecule has 1 N–H and O–H groups in total. The molecule has 0 fully saturated rings. The van der Waals surface area contributed by atoms with Crippen molar-refractivity contribution in [2.75, 3.05) is 11.9 Å². The predicted molar refractivity (Wildman–Crippen MR) is 101 cm³/mol. The Morgan fingerprint density at radius 3 is 2.32 bits per heavy atom. The zero-order valence-corrected chi connectivity index (χ0v) is 15.2. The number of benzene rings is 2. The molecule has 0 aliphatic rings. The Kier molecular flexibility index (Phi) is 7.02.